The summed E-state index contributed by atoms with van der Waals surface area (Å²) in [6.07, 6.45) is 78.1. The summed E-state index contributed by atoms with van der Waals surface area (Å²) in [7, 11) is 0. The molecule has 0 aromatic heterocycles. The number of rotatable bonds is 58. The van der Waals surface area contributed by atoms with Crippen LogP contribution in [0.15, 0.2) is 60.8 Å². The Morgan fingerprint density at radius 1 is 0.288 bits per heavy atom. The minimum atomic E-state index is -0.775. The van der Waals surface area contributed by atoms with Crippen LogP contribution < -0.4 is 0 Å². The van der Waals surface area contributed by atoms with Gasteiger partial charge < -0.3 is 14.2 Å². The SMILES string of the molecule is CC/C=C\C/C=C\C/C=C\C/C=C\C/C=C\CCCCCCCCCC(=O)OCC(COC(=O)CCCCCCCCCCC)OC(=O)CCCCCCCCCCCCCCCCCCCCCCCCC. The first-order valence-electron chi connectivity index (χ1n) is 31.8. The maximum absolute atomic E-state index is 12.9. The quantitative estimate of drug-likeness (QED) is 0.0261. The number of carbonyl (C=O) groups is 3. The van der Waals surface area contributed by atoms with Crippen molar-refractivity contribution in [3.63, 3.8) is 0 Å². The summed E-state index contributed by atoms with van der Waals surface area (Å²) in [6, 6.07) is 0. The van der Waals surface area contributed by atoms with E-state index in [9.17, 15) is 14.4 Å². The highest BCUT2D eigenvalue weighted by Crippen LogP contribution is 2.17. The molecule has 73 heavy (non-hydrogen) atoms. The van der Waals surface area contributed by atoms with Crippen molar-refractivity contribution in [1.29, 1.82) is 0 Å². The minimum Gasteiger partial charge on any atom is -0.462 e. The Labute approximate surface area is 453 Å². The van der Waals surface area contributed by atoms with Crippen LogP contribution in [0.5, 0.6) is 0 Å². The molecule has 0 rings (SSSR count). The predicted octanol–water partition coefficient (Wildman–Crippen LogP) is 21.6. The first-order valence-corrected chi connectivity index (χ1v) is 31.8. The first kappa shape index (κ1) is 70.1. The van der Waals surface area contributed by atoms with Crippen LogP contribution in [-0.2, 0) is 28.6 Å². The van der Waals surface area contributed by atoms with Gasteiger partial charge in [0.05, 0.1) is 0 Å². The lowest BCUT2D eigenvalue weighted by Crippen LogP contribution is -2.30. The Kier molecular flexibility index (Phi) is 59.2. The van der Waals surface area contributed by atoms with Gasteiger partial charge in [-0.15, -0.1) is 0 Å². The number of esters is 3. The topological polar surface area (TPSA) is 78.9 Å². The van der Waals surface area contributed by atoms with Crippen LogP contribution in [0.1, 0.15) is 329 Å². The number of hydrogen-bond donors (Lipinski definition) is 0. The van der Waals surface area contributed by atoms with Gasteiger partial charge in [0.25, 0.3) is 0 Å². The van der Waals surface area contributed by atoms with E-state index in [0.717, 1.165) is 96.3 Å². The number of unbranched alkanes of at least 4 members (excludes halogenated alkanes) is 37. The molecule has 6 heteroatoms. The van der Waals surface area contributed by atoms with Crippen molar-refractivity contribution in [2.45, 2.75) is 335 Å². The summed E-state index contributed by atoms with van der Waals surface area (Å²) >= 11 is 0. The van der Waals surface area contributed by atoms with E-state index < -0.39 is 6.10 Å². The second-order valence-electron chi connectivity index (χ2n) is 21.3. The van der Waals surface area contributed by atoms with Gasteiger partial charge in [0.2, 0.25) is 0 Å². The molecule has 0 aromatic rings. The molecule has 0 aliphatic heterocycles. The van der Waals surface area contributed by atoms with E-state index in [-0.39, 0.29) is 31.1 Å². The highest BCUT2D eigenvalue weighted by Gasteiger charge is 2.19. The third-order valence-electron chi connectivity index (χ3n) is 14.0. The lowest BCUT2D eigenvalue weighted by Gasteiger charge is -2.18. The molecular formula is C67H120O6. The summed E-state index contributed by atoms with van der Waals surface area (Å²) in [5, 5.41) is 0. The van der Waals surface area contributed by atoms with Crippen LogP contribution in [-0.4, -0.2) is 37.2 Å². The van der Waals surface area contributed by atoms with Crippen LogP contribution >= 0.6 is 0 Å². The van der Waals surface area contributed by atoms with Crippen molar-refractivity contribution >= 4 is 17.9 Å². The summed E-state index contributed by atoms with van der Waals surface area (Å²) in [4.78, 5) is 38.2. The molecule has 0 aromatic carbocycles. The molecule has 0 fully saturated rings. The maximum atomic E-state index is 12.9. The molecule has 0 saturated heterocycles. The molecule has 0 saturated carbocycles. The Morgan fingerprint density at radius 3 is 0.836 bits per heavy atom. The van der Waals surface area contributed by atoms with Gasteiger partial charge in [-0.2, -0.15) is 0 Å². The average molecular weight is 1020 g/mol. The Hall–Kier alpha value is -2.89. The van der Waals surface area contributed by atoms with Gasteiger partial charge in [-0.1, -0.05) is 306 Å². The zero-order valence-corrected chi connectivity index (χ0v) is 48.7. The van der Waals surface area contributed by atoms with Crippen molar-refractivity contribution in [1.82, 2.24) is 0 Å². The van der Waals surface area contributed by atoms with Gasteiger partial charge in [-0.3, -0.25) is 14.4 Å². The van der Waals surface area contributed by atoms with Gasteiger partial charge in [-0.05, 0) is 64.2 Å². The van der Waals surface area contributed by atoms with Crippen molar-refractivity contribution in [2.24, 2.45) is 0 Å². The molecule has 0 aliphatic carbocycles. The van der Waals surface area contributed by atoms with E-state index in [2.05, 4.69) is 81.5 Å². The van der Waals surface area contributed by atoms with Crippen LogP contribution in [0.2, 0.25) is 0 Å². The van der Waals surface area contributed by atoms with Gasteiger partial charge >= 0.3 is 17.9 Å². The zero-order valence-electron chi connectivity index (χ0n) is 48.7. The number of hydrogen-bond acceptors (Lipinski definition) is 6. The van der Waals surface area contributed by atoms with E-state index in [1.807, 2.05) is 0 Å². The number of carbonyl (C=O) groups excluding carboxylic acids is 3. The van der Waals surface area contributed by atoms with Gasteiger partial charge in [0.15, 0.2) is 6.10 Å². The maximum Gasteiger partial charge on any atom is 0.306 e. The van der Waals surface area contributed by atoms with E-state index in [1.54, 1.807) is 0 Å². The fourth-order valence-corrected chi connectivity index (χ4v) is 9.30. The van der Waals surface area contributed by atoms with Gasteiger partial charge in [0, 0.05) is 19.3 Å². The zero-order chi connectivity index (χ0) is 52.9. The van der Waals surface area contributed by atoms with E-state index in [0.29, 0.717) is 19.3 Å². The van der Waals surface area contributed by atoms with Crippen LogP contribution in [0.25, 0.3) is 0 Å². The largest absolute Gasteiger partial charge is 0.462 e. The third-order valence-corrected chi connectivity index (χ3v) is 14.0. The third kappa shape index (κ3) is 59.9. The molecule has 0 radical (unpaired) electrons. The van der Waals surface area contributed by atoms with Crippen molar-refractivity contribution in [2.75, 3.05) is 13.2 Å². The lowest BCUT2D eigenvalue weighted by atomic mass is 10.0. The summed E-state index contributed by atoms with van der Waals surface area (Å²) in [6.45, 7) is 6.54. The van der Waals surface area contributed by atoms with Crippen molar-refractivity contribution in [3.05, 3.63) is 60.8 Å². The van der Waals surface area contributed by atoms with Crippen LogP contribution in [0, 0.1) is 0 Å². The van der Waals surface area contributed by atoms with Crippen LogP contribution in [0.3, 0.4) is 0 Å². The molecule has 0 spiro atoms. The lowest BCUT2D eigenvalue weighted by molar-refractivity contribution is -0.167. The highest BCUT2D eigenvalue weighted by molar-refractivity contribution is 5.71. The minimum absolute atomic E-state index is 0.0736. The monoisotopic (exact) mass is 1020 g/mol. The molecule has 6 nitrogen and oxygen atoms in total. The van der Waals surface area contributed by atoms with E-state index in [1.165, 1.54) is 193 Å². The van der Waals surface area contributed by atoms with Gasteiger partial charge in [-0.25, -0.2) is 0 Å². The Morgan fingerprint density at radius 2 is 0.534 bits per heavy atom. The Balaban J connectivity index is 4.21. The number of ether oxygens (including phenoxy) is 3. The van der Waals surface area contributed by atoms with E-state index >= 15 is 0 Å². The summed E-state index contributed by atoms with van der Waals surface area (Å²) in [5.41, 5.74) is 0. The second kappa shape index (κ2) is 61.7. The summed E-state index contributed by atoms with van der Waals surface area (Å²) < 4.78 is 16.9. The average Bonchev–Trinajstić information content (AvgIpc) is 3.39. The molecule has 0 aliphatic rings. The molecule has 0 bridgehead atoms. The predicted molar refractivity (Wildman–Crippen MR) is 316 cm³/mol. The standard InChI is InChI=1S/C67H120O6/c1-4-7-10-13-16-19-21-23-25-27-29-31-33-35-37-39-41-43-45-48-51-54-57-60-66(69)72-63-64(62-71-65(68)59-56-53-50-47-18-15-12-9-6-3)73-67(70)61-58-55-52-49-46-44-42-40-38-36-34-32-30-28-26-24-22-20-17-14-11-8-5-2/h7,10,16,19,23,25,29,31,35,37,64H,4-6,8-9,11-15,17-18,20-22,24,26-28,30,32-34,36,38-63H2,1-3H3/b10-7-,19-16-,25-23-,31-29-,37-35-. The molecule has 1 unspecified atom stereocenters. The highest BCUT2D eigenvalue weighted by atomic mass is 16.6. The molecule has 1 atom stereocenters. The number of allylic oxidation sites excluding steroid dienone is 10. The fourth-order valence-electron chi connectivity index (χ4n) is 9.30. The fraction of sp³-hybridized carbons (Fsp3) is 0.806. The molecule has 0 amide bonds. The van der Waals surface area contributed by atoms with Crippen LogP contribution in [0.4, 0.5) is 0 Å². The Bertz CT molecular complexity index is 1310. The van der Waals surface area contributed by atoms with E-state index in [4.69, 9.17) is 14.2 Å². The molecule has 0 heterocycles. The second-order valence-corrected chi connectivity index (χ2v) is 21.3. The molecule has 424 valence electrons. The van der Waals surface area contributed by atoms with Crippen molar-refractivity contribution < 1.29 is 28.6 Å². The van der Waals surface area contributed by atoms with Crippen molar-refractivity contribution in [3.8, 4) is 0 Å². The first-order chi connectivity index (χ1) is 36.0. The normalized spacial score (nSPS) is 12.4. The molecule has 0 N–H and O–H groups in total. The molecular weight excluding hydrogens is 901 g/mol. The summed E-state index contributed by atoms with van der Waals surface area (Å²) in [5.74, 6) is -0.870. The smallest absolute Gasteiger partial charge is 0.306 e. The van der Waals surface area contributed by atoms with Gasteiger partial charge in [0.1, 0.15) is 13.2 Å².